The van der Waals surface area contributed by atoms with Crippen molar-refractivity contribution < 1.29 is 4.79 Å². The number of piperazine rings is 1. The van der Waals surface area contributed by atoms with Gasteiger partial charge in [-0.2, -0.15) is 5.10 Å². The van der Waals surface area contributed by atoms with Crippen LogP contribution in [0.3, 0.4) is 0 Å². The minimum atomic E-state index is -0.109. The van der Waals surface area contributed by atoms with Gasteiger partial charge < -0.3 is 10.2 Å². The number of halogens is 1. The van der Waals surface area contributed by atoms with Crippen molar-refractivity contribution >= 4 is 17.5 Å². The first-order chi connectivity index (χ1) is 11.6. The normalized spacial score (nSPS) is 16.2. The molecule has 1 aliphatic heterocycles. The van der Waals surface area contributed by atoms with Crippen LogP contribution >= 0.6 is 11.6 Å². The molecule has 0 bridgehead atoms. The number of aromatic nitrogens is 2. The fourth-order valence-electron chi connectivity index (χ4n) is 2.71. The Morgan fingerprint density at radius 3 is 2.75 bits per heavy atom. The molecule has 1 N–H and O–H groups in total. The molecule has 0 spiro atoms. The third kappa shape index (κ3) is 4.14. The van der Waals surface area contributed by atoms with E-state index in [4.69, 9.17) is 11.6 Å². The van der Waals surface area contributed by atoms with E-state index in [0.29, 0.717) is 17.1 Å². The monoisotopic (exact) mass is 347 g/mol. The Kier molecular flexibility index (Phi) is 5.50. The van der Waals surface area contributed by atoms with Crippen molar-refractivity contribution in [2.24, 2.45) is 0 Å². The second kappa shape index (κ2) is 7.79. The number of hydrogen-bond acceptors (Lipinski definition) is 4. The average molecular weight is 348 g/mol. The summed E-state index contributed by atoms with van der Waals surface area (Å²) in [4.78, 5) is 16.9. The van der Waals surface area contributed by atoms with Crippen LogP contribution < -0.4 is 5.32 Å². The van der Waals surface area contributed by atoms with E-state index in [1.54, 1.807) is 23.1 Å². The summed E-state index contributed by atoms with van der Waals surface area (Å²) in [7, 11) is 2.13. The minimum absolute atomic E-state index is 0.109. The van der Waals surface area contributed by atoms with Gasteiger partial charge in [-0.3, -0.25) is 9.69 Å². The van der Waals surface area contributed by atoms with Gasteiger partial charge in [0.25, 0.3) is 5.91 Å². The fraction of sp³-hybridized carbons (Fsp3) is 0.412. The maximum absolute atomic E-state index is 12.2. The van der Waals surface area contributed by atoms with Crippen LogP contribution in [0.1, 0.15) is 10.4 Å². The summed E-state index contributed by atoms with van der Waals surface area (Å²) in [5.41, 5.74) is 1.30. The minimum Gasteiger partial charge on any atom is -0.351 e. The maximum atomic E-state index is 12.2. The Labute approximate surface area is 147 Å². The predicted octanol–water partition coefficient (Wildman–Crippen LogP) is 1.50. The number of benzene rings is 1. The van der Waals surface area contributed by atoms with Gasteiger partial charge in [-0.05, 0) is 19.2 Å². The SMILES string of the molecule is CN1CCN(CCNC(=O)c2cnn(-c3ccccc3Cl)c2)CC1. The zero-order valence-corrected chi connectivity index (χ0v) is 14.5. The molecule has 128 valence electrons. The van der Waals surface area contributed by atoms with Crippen molar-refractivity contribution in [3.63, 3.8) is 0 Å². The third-order valence-electron chi connectivity index (χ3n) is 4.25. The number of carbonyl (C=O) groups is 1. The Balaban J connectivity index is 1.52. The first-order valence-electron chi connectivity index (χ1n) is 8.12. The third-order valence-corrected chi connectivity index (χ3v) is 4.57. The lowest BCUT2D eigenvalue weighted by atomic mass is 10.3. The number of carbonyl (C=O) groups excluding carboxylic acids is 1. The van der Waals surface area contributed by atoms with Crippen LogP contribution in [0.25, 0.3) is 5.69 Å². The molecule has 1 fully saturated rings. The molecule has 7 heteroatoms. The van der Waals surface area contributed by atoms with Crippen molar-refractivity contribution in [3.8, 4) is 5.69 Å². The van der Waals surface area contributed by atoms with E-state index in [-0.39, 0.29) is 5.91 Å². The number of hydrogen-bond donors (Lipinski definition) is 1. The van der Waals surface area contributed by atoms with Gasteiger partial charge >= 0.3 is 0 Å². The number of amides is 1. The molecule has 0 radical (unpaired) electrons. The van der Waals surface area contributed by atoms with Gasteiger partial charge in [0, 0.05) is 45.5 Å². The van der Waals surface area contributed by atoms with Gasteiger partial charge in [-0.15, -0.1) is 0 Å². The highest BCUT2D eigenvalue weighted by Crippen LogP contribution is 2.19. The van der Waals surface area contributed by atoms with Gasteiger partial charge in [0.2, 0.25) is 0 Å². The summed E-state index contributed by atoms with van der Waals surface area (Å²) >= 11 is 6.16. The summed E-state index contributed by atoms with van der Waals surface area (Å²) in [5, 5.41) is 7.79. The molecule has 2 heterocycles. The Morgan fingerprint density at radius 2 is 2.00 bits per heavy atom. The standard InChI is InChI=1S/C17H22ClN5O/c1-21-8-10-22(11-9-21)7-6-19-17(24)14-12-20-23(13-14)16-5-3-2-4-15(16)18/h2-5,12-13H,6-11H2,1H3,(H,19,24). The van der Waals surface area contributed by atoms with Gasteiger partial charge in [0.05, 0.1) is 22.5 Å². The number of para-hydroxylation sites is 1. The predicted molar refractivity (Wildman–Crippen MR) is 94.8 cm³/mol. The first kappa shape index (κ1) is 17.0. The molecule has 1 aromatic heterocycles. The highest BCUT2D eigenvalue weighted by Gasteiger charge is 2.14. The number of likely N-dealkylation sites (N-methyl/N-ethyl adjacent to an activating group) is 1. The van der Waals surface area contributed by atoms with Gasteiger partial charge in [-0.25, -0.2) is 4.68 Å². The van der Waals surface area contributed by atoms with E-state index < -0.39 is 0 Å². The van der Waals surface area contributed by atoms with Crippen LogP contribution in [0, 0.1) is 0 Å². The molecule has 0 unspecified atom stereocenters. The first-order valence-corrected chi connectivity index (χ1v) is 8.50. The van der Waals surface area contributed by atoms with Crippen molar-refractivity contribution in [1.82, 2.24) is 24.9 Å². The molecule has 1 amide bonds. The van der Waals surface area contributed by atoms with E-state index in [1.807, 2.05) is 18.2 Å². The summed E-state index contributed by atoms with van der Waals surface area (Å²) in [6.07, 6.45) is 3.26. The topological polar surface area (TPSA) is 53.4 Å². The molecule has 24 heavy (non-hydrogen) atoms. The summed E-state index contributed by atoms with van der Waals surface area (Å²) in [6, 6.07) is 7.42. The van der Waals surface area contributed by atoms with E-state index in [2.05, 4.69) is 27.3 Å². The molecule has 0 saturated carbocycles. The Bertz CT molecular complexity index is 694. The average Bonchev–Trinajstić information content (AvgIpc) is 3.07. The van der Waals surface area contributed by atoms with Crippen molar-refractivity contribution in [1.29, 1.82) is 0 Å². The molecule has 1 aromatic carbocycles. The summed E-state index contributed by atoms with van der Waals surface area (Å²) in [5.74, 6) is -0.109. The molecule has 0 atom stereocenters. The van der Waals surface area contributed by atoms with Crippen LogP contribution in [-0.2, 0) is 0 Å². The van der Waals surface area contributed by atoms with Crippen molar-refractivity contribution in [2.75, 3.05) is 46.3 Å². The Hall–Kier alpha value is -1.89. The smallest absolute Gasteiger partial charge is 0.254 e. The van der Waals surface area contributed by atoms with Crippen LogP contribution in [0.4, 0.5) is 0 Å². The van der Waals surface area contributed by atoms with Gasteiger partial charge in [0.1, 0.15) is 0 Å². The van der Waals surface area contributed by atoms with Crippen LogP contribution in [0.5, 0.6) is 0 Å². The summed E-state index contributed by atoms with van der Waals surface area (Å²) < 4.78 is 1.62. The highest BCUT2D eigenvalue weighted by molar-refractivity contribution is 6.32. The lowest BCUT2D eigenvalue weighted by molar-refractivity contribution is 0.0941. The van der Waals surface area contributed by atoms with E-state index in [9.17, 15) is 4.79 Å². The lowest BCUT2D eigenvalue weighted by Crippen LogP contribution is -2.46. The van der Waals surface area contributed by atoms with Gasteiger partial charge in [0.15, 0.2) is 0 Å². The van der Waals surface area contributed by atoms with Crippen molar-refractivity contribution in [3.05, 3.63) is 47.2 Å². The van der Waals surface area contributed by atoms with E-state index in [1.165, 1.54) is 0 Å². The molecule has 2 aromatic rings. The van der Waals surface area contributed by atoms with Gasteiger partial charge in [-0.1, -0.05) is 23.7 Å². The number of nitrogens with one attached hydrogen (secondary N) is 1. The molecular formula is C17H22ClN5O. The quantitative estimate of drug-likeness (QED) is 0.890. The molecule has 1 saturated heterocycles. The summed E-state index contributed by atoms with van der Waals surface area (Å²) in [6.45, 7) is 5.78. The molecule has 3 rings (SSSR count). The van der Waals surface area contributed by atoms with E-state index >= 15 is 0 Å². The van der Waals surface area contributed by atoms with Crippen molar-refractivity contribution in [2.45, 2.75) is 0 Å². The second-order valence-corrected chi connectivity index (χ2v) is 6.43. The number of rotatable bonds is 5. The zero-order chi connectivity index (χ0) is 16.9. The second-order valence-electron chi connectivity index (χ2n) is 6.03. The molecule has 1 aliphatic rings. The fourth-order valence-corrected chi connectivity index (χ4v) is 2.93. The van der Waals surface area contributed by atoms with Crippen LogP contribution in [0.2, 0.25) is 5.02 Å². The number of nitrogens with zero attached hydrogens (tertiary/aromatic N) is 4. The Morgan fingerprint density at radius 1 is 1.25 bits per heavy atom. The maximum Gasteiger partial charge on any atom is 0.254 e. The zero-order valence-electron chi connectivity index (χ0n) is 13.8. The van der Waals surface area contributed by atoms with E-state index in [0.717, 1.165) is 38.4 Å². The molecular weight excluding hydrogens is 326 g/mol. The highest BCUT2D eigenvalue weighted by atomic mass is 35.5. The lowest BCUT2D eigenvalue weighted by Gasteiger charge is -2.32. The van der Waals surface area contributed by atoms with Crippen LogP contribution in [0.15, 0.2) is 36.7 Å². The largest absolute Gasteiger partial charge is 0.351 e. The molecule has 6 nitrogen and oxygen atoms in total. The molecule has 0 aliphatic carbocycles. The van der Waals surface area contributed by atoms with Crippen LogP contribution in [-0.4, -0.2) is 71.8 Å².